The standard InChI is InChI=1S/C15H22N2O4/c1-20-12-4-2-5-13(9-12)21-7-3-6-16-15(19)14-8-11(18)10-17-14/h2,4-5,9,11,14,17-18H,3,6-8,10H2,1H3,(H,16,19). The summed E-state index contributed by atoms with van der Waals surface area (Å²) in [6, 6.07) is 7.13. The van der Waals surface area contributed by atoms with Crippen LogP contribution in [0, 0.1) is 0 Å². The van der Waals surface area contributed by atoms with Gasteiger partial charge in [0.15, 0.2) is 0 Å². The van der Waals surface area contributed by atoms with E-state index in [9.17, 15) is 9.90 Å². The molecule has 2 unspecified atom stereocenters. The van der Waals surface area contributed by atoms with Crippen molar-refractivity contribution in [2.45, 2.75) is 25.0 Å². The van der Waals surface area contributed by atoms with Gasteiger partial charge in [0.2, 0.25) is 5.91 Å². The van der Waals surface area contributed by atoms with Gasteiger partial charge < -0.3 is 25.2 Å². The fourth-order valence-corrected chi connectivity index (χ4v) is 2.20. The van der Waals surface area contributed by atoms with Crippen LogP contribution < -0.4 is 20.1 Å². The fraction of sp³-hybridized carbons (Fsp3) is 0.533. The number of β-amino-alcohol motifs (C(OH)–C–C–N with tert-alkyl or cyclic N) is 1. The summed E-state index contributed by atoms with van der Waals surface area (Å²) >= 11 is 0. The lowest BCUT2D eigenvalue weighted by atomic mass is 10.2. The summed E-state index contributed by atoms with van der Waals surface area (Å²) in [5, 5.41) is 15.2. The van der Waals surface area contributed by atoms with Gasteiger partial charge in [-0.15, -0.1) is 0 Å². The lowest BCUT2D eigenvalue weighted by Crippen LogP contribution is -2.40. The highest BCUT2D eigenvalue weighted by Gasteiger charge is 2.27. The van der Waals surface area contributed by atoms with E-state index in [1.54, 1.807) is 7.11 Å². The minimum atomic E-state index is -0.419. The van der Waals surface area contributed by atoms with E-state index in [2.05, 4.69) is 10.6 Å². The Bertz CT molecular complexity index is 467. The minimum absolute atomic E-state index is 0.0621. The molecule has 1 saturated heterocycles. The molecule has 2 rings (SSSR count). The van der Waals surface area contributed by atoms with E-state index in [1.165, 1.54) is 0 Å². The van der Waals surface area contributed by atoms with Gasteiger partial charge in [0, 0.05) is 19.2 Å². The molecule has 2 atom stereocenters. The van der Waals surface area contributed by atoms with Gasteiger partial charge >= 0.3 is 0 Å². The maximum absolute atomic E-state index is 11.8. The number of ether oxygens (including phenoxy) is 2. The van der Waals surface area contributed by atoms with E-state index in [0.29, 0.717) is 26.1 Å². The van der Waals surface area contributed by atoms with Crippen molar-refractivity contribution in [3.8, 4) is 11.5 Å². The second-order valence-corrected chi connectivity index (χ2v) is 5.02. The molecule has 0 saturated carbocycles. The lowest BCUT2D eigenvalue weighted by Gasteiger charge is -2.11. The summed E-state index contributed by atoms with van der Waals surface area (Å²) in [5.74, 6) is 1.45. The van der Waals surface area contributed by atoms with Crippen LogP contribution in [0.3, 0.4) is 0 Å². The Balaban J connectivity index is 1.60. The molecule has 0 radical (unpaired) electrons. The zero-order valence-corrected chi connectivity index (χ0v) is 12.2. The smallest absolute Gasteiger partial charge is 0.237 e. The van der Waals surface area contributed by atoms with Crippen LogP contribution in [-0.2, 0) is 4.79 Å². The summed E-state index contributed by atoms with van der Waals surface area (Å²) in [6.07, 6.45) is 0.779. The number of carbonyl (C=O) groups is 1. The average molecular weight is 294 g/mol. The van der Waals surface area contributed by atoms with Gasteiger partial charge in [-0.2, -0.15) is 0 Å². The maximum atomic E-state index is 11.8. The van der Waals surface area contributed by atoms with E-state index in [0.717, 1.165) is 17.9 Å². The number of hydrogen-bond acceptors (Lipinski definition) is 5. The van der Waals surface area contributed by atoms with Crippen molar-refractivity contribution in [1.29, 1.82) is 0 Å². The Morgan fingerprint density at radius 1 is 1.48 bits per heavy atom. The summed E-state index contributed by atoms with van der Waals surface area (Å²) in [7, 11) is 1.61. The molecule has 1 heterocycles. The van der Waals surface area contributed by atoms with Gasteiger partial charge in [-0.1, -0.05) is 6.07 Å². The first-order chi connectivity index (χ1) is 10.2. The van der Waals surface area contributed by atoms with Crippen molar-refractivity contribution in [2.75, 3.05) is 26.8 Å². The molecule has 1 amide bonds. The van der Waals surface area contributed by atoms with Crippen LogP contribution in [0.15, 0.2) is 24.3 Å². The van der Waals surface area contributed by atoms with Crippen molar-refractivity contribution >= 4 is 5.91 Å². The highest BCUT2D eigenvalue weighted by Crippen LogP contribution is 2.18. The third-order valence-electron chi connectivity index (χ3n) is 3.35. The normalized spacial score (nSPS) is 21.0. The summed E-state index contributed by atoms with van der Waals surface area (Å²) in [4.78, 5) is 11.8. The van der Waals surface area contributed by atoms with Crippen molar-refractivity contribution < 1.29 is 19.4 Å². The first kappa shape index (κ1) is 15.6. The number of methoxy groups -OCH3 is 1. The number of amides is 1. The molecule has 6 heteroatoms. The molecule has 1 aromatic carbocycles. The minimum Gasteiger partial charge on any atom is -0.497 e. The molecule has 1 fully saturated rings. The second-order valence-electron chi connectivity index (χ2n) is 5.02. The lowest BCUT2D eigenvalue weighted by molar-refractivity contribution is -0.122. The van der Waals surface area contributed by atoms with Gasteiger partial charge in [0.05, 0.1) is 25.9 Å². The SMILES string of the molecule is COc1cccc(OCCCNC(=O)C2CC(O)CN2)c1. The van der Waals surface area contributed by atoms with E-state index >= 15 is 0 Å². The van der Waals surface area contributed by atoms with Crippen LogP contribution in [0.5, 0.6) is 11.5 Å². The van der Waals surface area contributed by atoms with Crippen molar-refractivity contribution in [1.82, 2.24) is 10.6 Å². The van der Waals surface area contributed by atoms with Crippen molar-refractivity contribution in [2.24, 2.45) is 0 Å². The molecule has 0 aliphatic carbocycles. The summed E-state index contributed by atoms with van der Waals surface area (Å²) < 4.78 is 10.7. The molecule has 21 heavy (non-hydrogen) atoms. The highest BCUT2D eigenvalue weighted by molar-refractivity contribution is 5.82. The Kier molecular flexibility index (Phi) is 5.83. The van der Waals surface area contributed by atoms with Crippen LogP contribution in [-0.4, -0.2) is 50.0 Å². The number of rotatable bonds is 7. The molecule has 0 spiro atoms. The van der Waals surface area contributed by atoms with Gasteiger partial charge in [-0.05, 0) is 25.0 Å². The van der Waals surface area contributed by atoms with E-state index in [-0.39, 0.29) is 11.9 Å². The molecule has 1 aromatic rings. The average Bonchev–Trinajstić information content (AvgIpc) is 2.93. The molecule has 0 aromatic heterocycles. The third kappa shape index (κ3) is 4.91. The van der Waals surface area contributed by atoms with Gasteiger partial charge in [0.1, 0.15) is 11.5 Å². The zero-order valence-electron chi connectivity index (χ0n) is 12.2. The summed E-state index contributed by atoms with van der Waals surface area (Å²) in [5.41, 5.74) is 0. The predicted octanol–water partition coefficient (Wildman–Crippen LogP) is 0.303. The molecular formula is C15H22N2O4. The zero-order chi connectivity index (χ0) is 15.1. The molecule has 116 valence electrons. The molecular weight excluding hydrogens is 272 g/mol. The first-order valence-corrected chi connectivity index (χ1v) is 7.15. The van der Waals surface area contributed by atoms with Crippen LogP contribution in [0.1, 0.15) is 12.8 Å². The number of aliphatic hydroxyl groups excluding tert-OH is 1. The Morgan fingerprint density at radius 3 is 3.00 bits per heavy atom. The quantitative estimate of drug-likeness (QED) is 0.631. The van der Waals surface area contributed by atoms with Gasteiger partial charge in [0.25, 0.3) is 0 Å². The first-order valence-electron chi connectivity index (χ1n) is 7.15. The van der Waals surface area contributed by atoms with E-state index < -0.39 is 6.10 Å². The van der Waals surface area contributed by atoms with E-state index in [4.69, 9.17) is 9.47 Å². The molecule has 6 nitrogen and oxygen atoms in total. The Hall–Kier alpha value is -1.79. The molecule has 1 aliphatic rings. The third-order valence-corrected chi connectivity index (χ3v) is 3.35. The number of hydrogen-bond donors (Lipinski definition) is 3. The fourth-order valence-electron chi connectivity index (χ4n) is 2.20. The summed E-state index contributed by atoms with van der Waals surface area (Å²) in [6.45, 7) is 1.56. The second kappa shape index (κ2) is 7.85. The predicted molar refractivity (Wildman–Crippen MR) is 78.5 cm³/mol. The van der Waals surface area contributed by atoms with Gasteiger partial charge in [-0.3, -0.25) is 4.79 Å². The Morgan fingerprint density at radius 2 is 2.29 bits per heavy atom. The monoisotopic (exact) mass is 294 g/mol. The van der Waals surface area contributed by atoms with E-state index in [1.807, 2.05) is 24.3 Å². The largest absolute Gasteiger partial charge is 0.497 e. The molecule has 0 bridgehead atoms. The number of nitrogens with one attached hydrogen (secondary N) is 2. The van der Waals surface area contributed by atoms with Gasteiger partial charge in [-0.25, -0.2) is 0 Å². The van der Waals surface area contributed by atoms with Crippen molar-refractivity contribution in [3.63, 3.8) is 0 Å². The highest BCUT2D eigenvalue weighted by atomic mass is 16.5. The topological polar surface area (TPSA) is 79.8 Å². The number of aliphatic hydroxyl groups is 1. The van der Waals surface area contributed by atoms with Crippen LogP contribution in [0.2, 0.25) is 0 Å². The Labute approximate surface area is 124 Å². The maximum Gasteiger partial charge on any atom is 0.237 e. The van der Waals surface area contributed by atoms with Crippen LogP contribution >= 0.6 is 0 Å². The van der Waals surface area contributed by atoms with Crippen LogP contribution in [0.25, 0.3) is 0 Å². The molecule has 3 N–H and O–H groups in total. The van der Waals surface area contributed by atoms with Crippen LogP contribution in [0.4, 0.5) is 0 Å². The number of carbonyl (C=O) groups excluding carboxylic acids is 1. The van der Waals surface area contributed by atoms with Crippen molar-refractivity contribution in [3.05, 3.63) is 24.3 Å². The molecule has 1 aliphatic heterocycles. The number of benzene rings is 1.